The van der Waals surface area contributed by atoms with Gasteiger partial charge in [0, 0.05) is 6.20 Å². The Kier molecular flexibility index (Phi) is 4.91. The van der Waals surface area contributed by atoms with Crippen LogP contribution in [0.4, 0.5) is 4.39 Å². The molecule has 0 aliphatic heterocycles. The van der Waals surface area contributed by atoms with Crippen LogP contribution in [0.5, 0.6) is 5.75 Å². The van der Waals surface area contributed by atoms with E-state index in [2.05, 4.69) is 4.98 Å². The normalized spacial score (nSPS) is 13.7. The van der Waals surface area contributed by atoms with Gasteiger partial charge in [-0.25, -0.2) is 4.39 Å². The number of rotatable bonds is 6. The predicted octanol–water partition coefficient (Wildman–Crippen LogP) is 3.62. The van der Waals surface area contributed by atoms with E-state index < -0.39 is 5.54 Å². The smallest absolute Gasteiger partial charge is 0.137 e. The first-order valence-corrected chi connectivity index (χ1v) is 7.23. The van der Waals surface area contributed by atoms with Crippen molar-refractivity contribution in [1.82, 2.24) is 4.98 Å². The molecule has 2 aromatic rings. The third kappa shape index (κ3) is 3.39. The third-order valence-corrected chi connectivity index (χ3v) is 3.60. The molecule has 21 heavy (non-hydrogen) atoms. The zero-order valence-electron chi connectivity index (χ0n) is 12.5. The Balaban J connectivity index is 2.40. The summed E-state index contributed by atoms with van der Waals surface area (Å²) in [7, 11) is 0. The SMILES string of the molecule is CCCOc1cncc(C(N)(CC)c2cccc(F)c2)c1. The summed E-state index contributed by atoms with van der Waals surface area (Å²) < 4.78 is 19.1. The van der Waals surface area contributed by atoms with Gasteiger partial charge in [-0.2, -0.15) is 0 Å². The fourth-order valence-corrected chi connectivity index (χ4v) is 2.30. The van der Waals surface area contributed by atoms with E-state index in [0.717, 1.165) is 17.5 Å². The molecule has 3 nitrogen and oxygen atoms in total. The van der Waals surface area contributed by atoms with Crippen LogP contribution >= 0.6 is 0 Å². The number of aromatic nitrogens is 1. The summed E-state index contributed by atoms with van der Waals surface area (Å²) in [4.78, 5) is 4.20. The molecule has 4 heteroatoms. The molecule has 0 saturated carbocycles. The van der Waals surface area contributed by atoms with Crippen molar-refractivity contribution in [3.8, 4) is 5.75 Å². The molecule has 1 aromatic heterocycles. The molecule has 0 bridgehead atoms. The topological polar surface area (TPSA) is 48.1 Å². The lowest BCUT2D eigenvalue weighted by Gasteiger charge is -2.29. The van der Waals surface area contributed by atoms with E-state index in [4.69, 9.17) is 10.5 Å². The minimum atomic E-state index is -0.777. The molecule has 1 heterocycles. The monoisotopic (exact) mass is 288 g/mol. The van der Waals surface area contributed by atoms with Crippen LogP contribution in [0, 0.1) is 5.82 Å². The van der Waals surface area contributed by atoms with Crippen LogP contribution in [0.2, 0.25) is 0 Å². The molecule has 0 saturated heterocycles. The Morgan fingerprint density at radius 3 is 2.67 bits per heavy atom. The van der Waals surface area contributed by atoms with E-state index in [9.17, 15) is 4.39 Å². The molecule has 2 N–H and O–H groups in total. The summed E-state index contributed by atoms with van der Waals surface area (Å²) in [6.45, 7) is 4.66. The van der Waals surface area contributed by atoms with Crippen LogP contribution in [0.25, 0.3) is 0 Å². The highest BCUT2D eigenvalue weighted by Crippen LogP contribution is 2.31. The summed E-state index contributed by atoms with van der Waals surface area (Å²) in [5, 5.41) is 0. The minimum Gasteiger partial charge on any atom is -0.492 e. The van der Waals surface area contributed by atoms with Crippen molar-refractivity contribution in [2.24, 2.45) is 5.73 Å². The van der Waals surface area contributed by atoms with E-state index in [1.807, 2.05) is 26.0 Å². The molecular weight excluding hydrogens is 267 g/mol. The number of ether oxygens (including phenoxy) is 1. The Labute approximate surface area is 125 Å². The van der Waals surface area contributed by atoms with Gasteiger partial charge in [-0.05, 0) is 42.2 Å². The largest absolute Gasteiger partial charge is 0.492 e. The Bertz CT molecular complexity index is 603. The van der Waals surface area contributed by atoms with E-state index in [0.29, 0.717) is 18.8 Å². The van der Waals surface area contributed by atoms with Gasteiger partial charge in [-0.1, -0.05) is 26.0 Å². The average Bonchev–Trinajstić information content (AvgIpc) is 2.52. The van der Waals surface area contributed by atoms with Gasteiger partial charge in [0.2, 0.25) is 0 Å². The van der Waals surface area contributed by atoms with Gasteiger partial charge in [0.25, 0.3) is 0 Å². The maximum absolute atomic E-state index is 13.5. The first-order valence-electron chi connectivity index (χ1n) is 7.23. The molecule has 1 aromatic carbocycles. The highest BCUT2D eigenvalue weighted by Gasteiger charge is 2.28. The van der Waals surface area contributed by atoms with E-state index in [-0.39, 0.29) is 5.82 Å². The fraction of sp³-hybridized carbons (Fsp3) is 0.353. The number of benzene rings is 1. The molecule has 0 fully saturated rings. The van der Waals surface area contributed by atoms with Gasteiger partial charge in [0.15, 0.2) is 0 Å². The average molecular weight is 288 g/mol. The predicted molar refractivity (Wildman–Crippen MR) is 81.7 cm³/mol. The van der Waals surface area contributed by atoms with E-state index in [1.54, 1.807) is 18.5 Å². The zero-order valence-corrected chi connectivity index (χ0v) is 12.5. The maximum atomic E-state index is 13.5. The van der Waals surface area contributed by atoms with Gasteiger partial charge >= 0.3 is 0 Å². The summed E-state index contributed by atoms with van der Waals surface area (Å²) in [5.74, 6) is 0.399. The van der Waals surface area contributed by atoms with E-state index in [1.165, 1.54) is 12.1 Å². The number of nitrogens with two attached hydrogens (primary N) is 1. The number of hydrogen-bond acceptors (Lipinski definition) is 3. The van der Waals surface area contributed by atoms with Gasteiger partial charge in [-0.3, -0.25) is 4.98 Å². The maximum Gasteiger partial charge on any atom is 0.137 e. The molecule has 0 aliphatic rings. The number of hydrogen-bond donors (Lipinski definition) is 1. The number of halogens is 1. The summed E-state index contributed by atoms with van der Waals surface area (Å²) in [6, 6.07) is 8.29. The van der Waals surface area contributed by atoms with Crippen LogP contribution in [-0.4, -0.2) is 11.6 Å². The molecule has 0 amide bonds. The summed E-state index contributed by atoms with van der Waals surface area (Å²) >= 11 is 0. The van der Waals surface area contributed by atoms with Crippen LogP contribution in [-0.2, 0) is 5.54 Å². The lowest BCUT2D eigenvalue weighted by Crippen LogP contribution is -2.37. The van der Waals surface area contributed by atoms with Crippen LogP contribution < -0.4 is 10.5 Å². The van der Waals surface area contributed by atoms with Crippen LogP contribution in [0.15, 0.2) is 42.7 Å². The molecule has 0 aliphatic carbocycles. The molecule has 0 radical (unpaired) electrons. The van der Waals surface area contributed by atoms with Crippen LogP contribution in [0.3, 0.4) is 0 Å². The molecule has 0 spiro atoms. The van der Waals surface area contributed by atoms with Crippen LogP contribution in [0.1, 0.15) is 37.8 Å². The quantitative estimate of drug-likeness (QED) is 0.883. The minimum absolute atomic E-state index is 0.290. The van der Waals surface area contributed by atoms with Gasteiger partial charge < -0.3 is 10.5 Å². The van der Waals surface area contributed by atoms with Crippen molar-refractivity contribution in [1.29, 1.82) is 0 Å². The van der Waals surface area contributed by atoms with Crippen molar-refractivity contribution in [3.63, 3.8) is 0 Å². The highest BCUT2D eigenvalue weighted by molar-refractivity contribution is 5.39. The molecular formula is C17H21FN2O. The van der Waals surface area contributed by atoms with Crippen molar-refractivity contribution in [2.75, 3.05) is 6.61 Å². The van der Waals surface area contributed by atoms with Crippen molar-refractivity contribution in [3.05, 3.63) is 59.7 Å². The first-order chi connectivity index (χ1) is 10.1. The van der Waals surface area contributed by atoms with Gasteiger partial charge in [-0.15, -0.1) is 0 Å². The zero-order chi connectivity index (χ0) is 15.3. The van der Waals surface area contributed by atoms with Gasteiger partial charge in [0.1, 0.15) is 11.6 Å². The van der Waals surface area contributed by atoms with Crippen molar-refractivity contribution >= 4 is 0 Å². The molecule has 112 valence electrons. The molecule has 1 atom stereocenters. The second-order valence-corrected chi connectivity index (χ2v) is 5.09. The molecule has 2 rings (SSSR count). The Morgan fingerprint density at radius 2 is 2.00 bits per heavy atom. The lowest BCUT2D eigenvalue weighted by atomic mass is 9.82. The summed E-state index contributed by atoms with van der Waals surface area (Å²) in [5.41, 5.74) is 7.33. The van der Waals surface area contributed by atoms with Crippen molar-refractivity contribution < 1.29 is 9.13 Å². The summed E-state index contributed by atoms with van der Waals surface area (Å²) in [6.07, 6.45) is 4.94. The fourth-order valence-electron chi connectivity index (χ4n) is 2.30. The standard InChI is InChI=1S/C17H21FN2O/c1-3-8-21-16-10-14(11-20-12-16)17(19,4-2)13-6-5-7-15(18)9-13/h5-7,9-12H,3-4,8,19H2,1-2H3. The Morgan fingerprint density at radius 1 is 1.19 bits per heavy atom. The van der Waals surface area contributed by atoms with Gasteiger partial charge in [0.05, 0.1) is 18.3 Å². The Hall–Kier alpha value is -1.94. The lowest BCUT2D eigenvalue weighted by molar-refractivity contribution is 0.315. The second kappa shape index (κ2) is 6.68. The molecule has 1 unspecified atom stereocenters. The first kappa shape index (κ1) is 15.4. The number of pyridine rings is 1. The second-order valence-electron chi connectivity index (χ2n) is 5.09. The van der Waals surface area contributed by atoms with Crippen molar-refractivity contribution in [2.45, 2.75) is 32.2 Å². The third-order valence-electron chi connectivity index (χ3n) is 3.60. The van der Waals surface area contributed by atoms with E-state index >= 15 is 0 Å². The number of nitrogens with zero attached hydrogens (tertiary/aromatic N) is 1. The highest BCUT2D eigenvalue weighted by atomic mass is 19.1.